The number of carbonyl (C=O) groups is 2. The Kier molecular flexibility index (Phi) is 8.50. The van der Waals surface area contributed by atoms with Crippen molar-refractivity contribution in [2.24, 2.45) is 46.3 Å². The van der Waals surface area contributed by atoms with Crippen LogP contribution in [0.4, 0.5) is 11.4 Å². The minimum atomic E-state index is -0.437. The third-order valence-electron chi connectivity index (χ3n) is 12.1. The number of methoxy groups -OCH3 is 1. The van der Waals surface area contributed by atoms with E-state index in [1.807, 2.05) is 0 Å². The minimum absolute atomic E-state index is 0.0610. The first-order chi connectivity index (χ1) is 19.4. The third-order valence-corrected chi connectivity index (χ3v) is 12.1. The lowest BCUT2D eigenvalue weighted by atomic mass is 9.43. The highest BCUT2D eigenvalue weighted by molar-refractivity contribution is 5.94. The summed E-state index contributed by atoms with van der Waals surface area (Å²) in [5.41, 5.74) is 0.883. The van der Waals surface area contributed by atoms with E-state index in [1.54, 1.807) is 25.3 Å². The maximum Gasteiger partial charge on any atom is 0.224 e. The SMILES string of the molecule is COc1ccc(NC(C)=O)cc1NC(=O)CC[C@@H](C)[C@H]1CC[C@H]2[C@@H]3[C@H](O)C[C@@H]4C[C@H](O)CC[C@]4(C)[C@H]3C[C@H](O)[C@]12C. The Morgan fingerprint density at radius 3 is 2.51 bits per heavy atom. The van der Waals surface area contributed by atoms with E-state index in [1.165, 1.54) is 6.92 Å². The predicted octanol–water partition coefficient (Wildman–Crippen LogP) is 4.97. The normalized spacial score (nSPS) is 40.5. The molecule has 0 unspecified atom stereocenters. The quantitative estimate of drug-likeness (QED) is 0.315. The average molecular weight is 571 g/mol. The van der Waals surface area contributed by atoms with Gasteiger partial charge >= 0.3 is 0 Å². The number of hydrogen-bond donors (Lipinski definition) is 5. The second kappa shape index (κ2) is 11.5. The van der Waals surface area contributed by atoms with Crippen molar-refractivity contribution in [3.8, 4) is 5.75 Å². The van der Waals surface area contributed by atoms with Crippen LogP contribution in [0.3, 0.4) is 0 Å². The van der Waals surface area contributed by atoms with Crippen LogP contribution in [0.15, 0.2) is 18.2 Å². The standard InChI is InChI=1S/C33H50N2O6/c1-18(6-11-30(40)35-26-16-21(34-19(2)36)7-10-28(26)41-5)23-8-9-24-31-25(17-29(39)33(23,24)4)32(3)13-12-22(37)14-20(32)15-27(31)38/h7,10,16,18,20,22-25,27,29,31,37-39H,6,8-9,11-15,17H2,1-5H3,(H,34,36)(H,35,40)/t18-,20+,22-,23-,24+,25+,27-,29+,31+,32+,33-/m1/s1. The van der Waals surface area contributed by atoms with Gasteiger partial charge in [0.2, 0.25) is 11.8 Å². The van der Waals surface area contributed by atoms with Gasteiger partial charge in [-0.15, -0.1) is 0 Å². The molecule has 1 aromatic carbocycles. The molecule has 228 valence electrons. The molecule has 0 saturated heterocycles. The highest BCUT2D eigenvalue weighted by atomic mass is 16.5. The number of aliphatic hydroxyl groups is 3. The second-order valence-corrected chi connectivity index (χ2v) is 14.2. The second-order valence-electron chi connectivity index (χ2n) is 14.2. The zero-order valence-corrected chi connectivity index (χ0v) is 25.4. The van der Waals surface area contributed by atoms with Crippen molar-refractivity contribution >= 4 is 23.2 Å². The molecule has 0 bridgehead atoms. The van der Waals surface area contributed by atoms with Crippen molar-refractivity contribution in [3.05, 3.63) is 18.2 Å². The third kappa shape index (κ3) is 5.40. The number of hydrogen-bond acceptors (Lipinski definition) is 6. The molecule has 41 heavy (non-hydrogen) atoms. The summed E-state index contributed by atoms with van der Waals surface area (Å²) in [6, 6.07) is 5.15. The van der Waals surface area contributed by atoms with E-state index in [0.717, 1.165) is 38.5 Å². The van der Waals surface area contributed by atoms with Crippen LogP contribution in [0.1, 0.15) is 85.5 Å². The van der Waals surface area contributed by atoms with Gasteiger partial charge in [0.15, 0.2) is 0 Å². The Balaban J connectivity index is 1.26. The van der Waals surface area contributed by atoms with Gasteiger partial charge < -0.3 is 30.7 Å². The van der Waals surface area contributed by atoms with Gasteiger partial charge in [0.1, 0.15) is 5.75 Å². The molecular weight excluding hydrogens is 520 g/mol. The number of nitrogens with one attached hydrogen (secondary N) is 2. The summed E-state index contributed by atoms with van der Waals surface area (Å²) in [7, 11) is 1.55. The first-order valence-corrected chi connectivity index (χ1v) is 15.7. The predicted molar refractivity (Wildman–Crippen MR) is 158 cm³/mol. The Labute approximate surface area is 244 Å². The fourth-order valence-electron chi connectivity index (χ4n) is 9.99. The van der Waals surface area contributed by atoms with Crippen LogP contribution in [0.2, 0.25) is 0 Å². The molecule has 11 atom stereocenters. The lowest BCUT2D eigenvalue weighted by Crippen LogP contribution is -2.62. The molecule has 0 aliphatic heterocycles. The van der Waals surface area contributed by atoms with E-state index in [4.69, 9.17) is 4.74 Å². The number of aliphatic hydroxyl groups excluding tert-OH is 3. The van der Waals surface area contributed by atoms with Crippen LogP contribution in [0, 0.1) is 46.3 Å². The smallest absolute Gasteiger partial charge is 0.224 e. The number of benzene rings is 1. The van der Waals surface area contributed by atoms with E-state index in [0.29, 0.717) is 42.3 Å². The lowest BCUT2D eigenvalue weighted by molar-refractivity contribution is -0.207. The molecule has 0 aromatic heterocycles. The van der Waals surface area contributed by atoms with Crippen molar-refractivity contribution in [2.45, 2.75) is 104 Å². The molecule has 0 radical (unpaired) electrons. The van der Waals surface area contributed by atoms with Crippen LogP contribution in [0.25, 0.3) is 0 Å². The molecular formula is C33H50N2O6. The molecule has 4 fully saturated rings. The number of rotatable bonds is 7. The van der Waals surface area contributed by atoms with Gasteiger partial charge in [0.25, 0.3) is 0 Å². The average Bonchev–Trinajstić information content (AvgIpc) is 3.27. The maximum absolute atomic E-state index is 13.0. The first kappa shape index (κ1) is 30.3. The summed E-state index contributed by atoms with van der Waals surface area (Å²) in [6.45, 7) is 8.25. The lowest BCUT2D eigenvalue weighted by Gasteiger charge is -2.63. The summed E-state index contributed by atoms with van der Waals surface area (Å²) in [5, 5.41) is 39.3. The number of carbonyl (C=O) groups excluding carboxylic acids is 2. The molecule has 5 N–H and O–H groups in total. The zero-order valence-electron chi connectivity index (χ0n) is 25.4. The summed E-state index contributed by atoms with van der Waals surface area (Å²) < 4.78 is 5.41. The summed E-state index contributed by atoms with van der Waals surface area (Å²) >= 11 is 0. The fraction of sp³-hybridized carbons (Fsp3) is 0.758. The first-order valence-electron chi connectivity index (χ1n) is 15.7. The van der Waals surface area contributed by atoms with Gasteiger partial charge in [-0.05, 0) is 116 Å². The number of amides is 2. The van der Waals surface area contributed by atoms with Crippen molar-refractivity contribution in [1.82, 2.24) is 0 Å². The minimum Gasteiger partial charge on any atom is -0.495 e. The monoisotopic (exact) mass is 570 g/mol. The summed E-state index contributed by atoms with van der Waals surface area (Å²) in [6.07, 6.45) is 5.98. The maximum atomic E-state index is 13.0. The van der Waals surface area contributed by atoms with E-state index in [9.17, 15) is 24.9 Å². The van der Waals surface area contributed by atoms with Crippen LogP contribution in [0.5, 0.6) is 5.75 Å². The molecule has 5 rings (SSSR count). The number of anilines is 2. The van der Waals surface area contributed by atoms with Gasteiger partial charge in [-0.1, -0.05) is 20.8 Å². The van der Waals surface area contributed by atoms with Gasteiger partial charge in [-0.3, -0.25) is 9.59 Å². The Hall–Kier alpha value is -2.16. The van der Waals surface area contributed by atoms with E-state index in [2.05, 4.69) is 31.4 Å². The van der Waals surface area contributed by atoms with E-state index >= 15 is 0 Å². The molecule has 1 aromatic rings. The summed E-state index contributed by atoms with van der Waals surface area (Å²) in [5.74, 6) is 1.78. The molecule has 4 saturated carbocycles. The van der Waals surface area contributed by atoms with Crippen LogP contribution >= 0.6 is 0 Å². The fourth-order valence-corrected chi connectivity index (χ4v) is 9.99. The molecule has 2 amide bonds. The van der Waals surface area contributed by atoms with Gasteiger partial charge in [-0.2, -0.15) is 0 Å². The molecule has 0 heterocycles. The summed E-state index contributed by atoms with van der Waals surface area (Å²) in [4.78, 5) is 24.5. The van der Waals surface area contributed by atoms with E-state index in [-0.39, 0.29) is 64.4 Å². The number of ether oxygens (including phenoxy) is 1. The molecule has 4 aliphatic rings. The van der Waals surface area contributed by atoms with Crippen molar-refractivity contribution in [1.29, 1.82) is 0 Å². The van der Waals surface area contributed by atoms with Crippen molar-refractivity contribution in [2.75, 3.05) is 17.7 Å². The van der Waals surface area contributed by atoms with Gasteiger partial charge in [-0.25, -0.2) is 0 Å². The van der Waals surface area contributed by atoms with Gasteiger partial charge in [0.05, 0.1) is 31.1 Å². The van der Waals surface area contributed by atoms with Crippen LogP contribution < -0.4 is 15.4 Å². The molecule has 8 nitrogen and oxygen atoms in total. The Bertz CT molecular complexity index is 1140. The van der Waals surface area contributed by atoms with Crippen molar-refractivity contribution < 1.29 is 29.6 Å². The zero-order chi connectivity index (χ0) is 29.7. The Morgan fingerprint density at radius 2 is 1.80 bits per heavy atom. The molecule has 4 aliphatic carbocycles. The van der Waals surface area contributed by atoms with Crippen LogP contribution in [-0.2, 0) is 9.59 Å². The highest BCUT2D eigenvalue weighted by Crippen LogP contribution is 2.68. The Morgan fingerprint density at radius 1 is 1.05 bits per heavy atom. The highest BCUT2D eigenvalue weighted by Gasteiger charge is 2.65. The topological polar surface area (TPSA) is 128 Å². The molecule has 8 heteroatoms. The molecule has 0 spiro atoms. The largest absolute Gasteiger partial charge is 0.495 e. The van der Waals surface area contributed by atoms with Gasteiger partial charge in [0, 0.05) is 19.0 Å². The van der Waals surface area contributed by atoms with E-state index < -0.39 is 6.10 Å². The van der Waals surface area contributed by atoms with Crippen LogP contribution in [-0.4, -0.2) is 52.6 Å². The number of fused-ring (bicyclic) bond motifs is 5. The van der Waals surface area contributed by atoms with Crippen molar-refractivity contribution in [3.63, 3.8) is 0 Å².